The van der Waals surface area contributed by atoms with Gasteiger partial charge < -0.3 is 10.3 Å². The molecule has 0 radical (unpaired) electrons. The van der Waals surface area contributed by atoms with Crippen LogP contribution in [0.25, 0.3) is 16.8 Å². The highest BCUT2D eigenvalue weighted by Crippen LogP contribution is 2.16. The van der Waals surface area contributed by atoms with Gasteiger partial charge in [0.2, 0.25) is 5.78 Å². The Bertz CT molecular complexity index is 620. The van der Waals surface area contributed by atoms with E-state index in [2.05, 4.69) is 31.9 Å². The average molecular weight is 214 g/mol. The number of nitrogens with zero attached hydrogens (tertiary/aromatic N) is 2. The van der Waals surface area contributed by atoms with Crippen LogP contribution in [-0.2, 0) is 6.42 Å². The summed E-state index contributed by atoms with van der Waals surface area (Å²) in [5.41, 5.74) is 3.40. The third-order valence-corrected chi connectivity index (χ3v) is 2.80. The van der Waals surface area contributed by atoms with Gasteiger partial charge in [-0.2, -0.15) is 0 Å². The lowest BCUT2D eigenvalue weighted by molar-refractivity contribution is 0.780. The Kier molecular flexibility index (Phi) is 2.15. The van der Waals surface area contributed by atoms with Crippen molar-refractivity contribution in [2.45, 2.75) is 6.42 Å². The largest absolute Gasteiger partial charge is 0.327 e. The van der Waals surface area contributed by atoms with Crippen molar-refractivity contribution < 1.29 is 0 Å². The molecule has 0 saturated heterocycles. The summed E-state index contributed by atoms with van der Waals surface area (Å²) in [6.07, 6.45) is 3.12. The van der Waals surface area contributed by atoms with Gasteiger partial charge in [0.05, 0.1) is 11.0 Å². The second-order valence-corrected chi connectivity index (χ2v) is 3.93. The summed E-state index contributed by atoms with van der Waals surface area (Å²) < 4.78 is 2.11. The molecule has 0 fully saturated rings. The van der Waals surface area contributed by atoms with E-state index in [0.717, 1.165) is 29.8 Å². The minimum absolute atomic E-state index is 0.923. The minimum Gasteiger partial charge on any atom is -0.327 e. The Morgan fingerprint density at radius 3 is 3.12 bits per heavy atom. The summed E-state index contributed by atoms with van der Waals surface area (Å²) in [7, 11) is 1.96. The molecule has 4 nitrogen and oxygen atoms in total. The van der Waals surface area contributed by atoms with E-state index in [1.54, 1.807) is 0 Å². The van der Waals surface area contributed by atoms with E-state index in [4.69, 9.17) is 0 Å². The summed E-state index contributed by atoms with van der Waals surface area (Å²) in [4.78, 5) is 7.86. The molecule has 0 aliphatic rings. The number of rotatable bonds is 3. The summed E-state index contributed by atoms with van der Waals surface area (Å²) in [5.74, 6) is 0.923. The Labute approximate surface area is 93.3 Å². The molecule has 0 atom stereocenters. The van der Waals surface area contributed by atoms with E-state index < -0.39 is 0 Å². The standard InChI is InChI=1S/C12H14N4/c1-13-7-6-9-8-16-11-5-3-2-4-10(11)15-12(16)14-9/h2-5,8,13H,6-7H2,1H3,(H,14,15). The van der Waals surface area contributed by atoms with Crippen molar-refractivity contribution in [3.63, 3.8) is 0 Å². The van der Waals surface area contributed by atoms with Gasteiger partial charge in [0.25, 0.3) is 0 Å². The van der Waals surface area contributed by atoms with E-state index in [0.29, 0.717) is 0 Å². The molecule has 0 bridgehead atoms. The van der Waals surface area contributed by atoms with Crippen molar-refractivity contribution in [1.82, 2.24) is 19.7 Å². The molecule has 0 aliphatic carbocycles. The lowest BCUT2D eigenvalue weighted by Gasteiger charge is -1.94. The molecule has 0 aliphatic heterocycles. The van der Waals surface area contributed by atoms with Crippen LogP contribution in [0, 0.1) is 0 Å². The van der Waals surface area contributed by atoms with Gasteiger partial charge in [0.1, 0.15) is 0 Å². The number of H-pyrrole nitrogens is 1. The quantitative estimate of drug-likeness (QED) is 0.695. The first-order valence-electron chi connectivity index (χ1n) is 5.48. The molecule has 2 heterocycles. The number of aromatic amines is 1. The van der Waals surface area contributed by atoms with Crippen molar-refractivity contribution in [2.24, 2.45) is 0 Å². The lowest BCUT2D eigenvalue weighted by Crippen LogP contribution is -2.10. The Balaban J connectivity index is 2.11. The van der Waals surface area contributed by atoms with Gasteiger partial charge in [-0.05, 0) is 19.2 Å². The first-order valence-corrected chi connectivity index (χ1v) is 5.48. The number of para-hydroxylation sites is 2. The van der Waals surface area contributed by atoms with Crippen LogP contribution in [0.2, 0.25) is 0 Å². The summed E-state index contributed by atoms with van der Waals surface area (Å²) >= 11 is 0. The zero-order chi connectivity index (χ0) is 11.0. The van der Waals surface area contributed by atoms with Crippen LogP contribution in [0.1, 0.15) is 5.69 Å². The molecule has 0 spiro atoms. The van der Waals surface area contributed by atoms with E-state index in [-0.39, 0.29) is 0 Å². The summed E-state index contributed by atoms with van der Waals surface area (Å²) in [6, 6.07) is 8.17. The first kappa shape index (κ1) is 9.42. The van der Waals surface area contributed by atoms with E-state index >= 15 is 0 Å². The van der Waals surface area contributed by atoms with Crippen LogP contribution in [0.3, 0.4) is 0 Å². The number of hydrogen-bond acceptors (Lipinski definition) is 2. The number of nitrogens with one attached hydrogen (secondary N) is 2. The maximum absolute atomic E-state index is 4.53. The van der Waals surface area contributed by atoms with Crippen LogP contribution in [-0.4, -0.2) is 28.0 Å². The third-order valence-electron chi connectivity index (χ3n) is 2.80. The van der Waals surface area contributed by atoms with Crippen molar-refractivity contribution in [3.05, 3.63) is 36.2 Å². The van der Waals surface area contributed by atoms with E-state index in [9.17, 15) is 0 Å². The predicted molar refractivity (Wildman–Crippen MR) is 64.7 cm³/mol. The highest BCUT2D eigenvalue weighted by atomic mass is 15.1. The Morgan fingerprint density at radius 2 is 2.25 bits per heavy atom. The van der Waals surface area contributed by atoms with Crippen LogP contribution >= 0.6 is 0 Å². The molecule has 82 valence electrons. The monoisotopic (exact) mass is 214 g/mol. The van der Waals surface area contributed by atoms with Gasteiger partial charge in [-0.25, -0.2) is 4.98 Å². The number of likely N-dealkylation sites (N-methyl/N-ethyl adjacent to an activating group) is 1. The minimum atomic E-state index is 0.923. The van der Waals surface area contributed by atoms with Crippen molar-refractivity contribution in [3.8, 4) is 0 Å². The molecule has 3 aromatic rings. The van der Waals surface area contributed by atoms with Gasteiger partial charge in [-0.1, -0.05) is 12.1 Å². The molecule has 3 rings (SSSR count). The van der Waals surface area contributed by atoms with Crippen LogP contribution < -0.4 is 5.32 Å². The number of imidazole rings is 2. The molecule has 2 N–H and O–H groups in total. The van der Waals surface area contributed by atoms with Gasteiger partial charge >= 0.3 is 0 Å². The average Bonchev–Trinajstić information content (AvgIpc) is 2.83. The SMILES string of the molecule is CNCCc1cn2c(nc3ccccc32)[nH]1. The number of aromatic nitrogens is 3. The fourth-order valence-corrected chi connectivity index (χ4v) is 1.98. The highest BCUT2D eigenvalue weighted by molar-refractivity contribution is 5.79. The zero-order valence-electron chi connectivity index (χ0n) is 9.20. The van der Waals surface area contributed by atoms with Crippen LogP contribution in [0.15, 0.2) is 30.5 Å². The van der Waals surface area contributed by atoms with Gasteiger partial charge in [-0.3, -0.25) is 4.40 Å². The molecule has 16 heavy (non-hydrogen) atoms. The maximum atomic E-state index is 4.53. The van der Waals surface area contributed by atoms with Crippen molar-refractivity contribution in [2.75, 3.05) is 13.6 Å². The van der Waals surface area contributed by atoms with Crippen molar-refractivity contribution in [1.29, 1.82) is 0 Å². The first-order chi connectivity index (χ1) is 7.88. The molecule has 0 amide bonds. The zero-order valence-corrected chi connectivity index (χ0v) is 9.20. The fourth-order valence-electron chi connectivity index (χ4n) is 1.98. The number of hydrogen-bond donors (Lipinski definition) is 2. The third kappa shape index (κ3) is 1.39. The maximum Gasteiger partial charge on any atom is 0.212 e. The van der Waals surface area contributed by atoms with Crippen LogP contribution in [0.4, 0.5) is 0 Å². The van der Waals surface area contributed by atoms with Gasteiger partial charge in [0, 0.05) is 24.9 Å². The summed E-state index contributed by atoms with van der Waals surface area (Å²) in [6.45, 7) is 0.974. The highest BCUT2D eigenvalue weighted by Gasteiger charge is 2.06. The second-order valence-electron chi connectivity index (χ2n) is 3.93. The number of fused-ring (bicyclic) bond motifs is 3. The second kappa shape index (κ2) is 3.64. The molecule has 1 aromatic carbocycles. The van der Waals surface area contributed by atoms with E-state index in [1.165, 1.54) is 5.69 Å². The fraction of sp³-hybridized carbons (Fsp3) is 0.250. The molecule has 2 aromatic heterocycles. The van der Waals surface area contributed by atoms with Crippen molar-refractivity contribution >= 4 is 16.8 Å². The molecular weight excluding hydrogens is 200 g/mol. The Morgan fingerprint density at radius 1 is 1.38 bits per heavy atom. The van der Waals surface area contributed by atoms with Gasteiger partial charge in [-0.15, -0.1) is 0 Å². The predicted octanol–water partition coefficient (Wildman–Crippen LogP) is 1.58. The molecule has 0 saturated carbocycles. The van der Waals surface area contributed by atoms with Gasteiger partial charge in [0.15, 0.2) is 0 Å². The normalized spacial score (nSPS) is 11.6. The molecule has 0 unspecified atom stereocenters. The van der Waals surface area contributed by atoms with Crippen LogP contribution in [0.5, 0.6) is 0 Å². The topological polar surface area (TPSA) is 45.1 Å². The summed E-state index contributed by atoms with van der Waals surface area (Å²) in [5, 5.41) is 3.14. The smallest absolute Gasteiger partial charge is 0.212 e. The lowest BCUT2D eigenvalue weighted by atomic mass is 10.3. The van der Waals surface area contributed by atoms with E-state index in [1.807, 2.05) is 25.2 Å². The Hall–Kier alpha value is -1.81. The molecular formula is C12H14N4. The number of benzene rings is 1. The molecule has 4 heteroatoms.